The number of amides is 1. The molecule has 0 saturated carbocycles. The van der Waals surface area contributed by atoms with Crippen molar-refractivity contribution in [1.82, 2.24) is 24.6 Å². The van der Waals surface area contributed by atoms with Gasteiger partial charge in [0.05, 0.1) is 0 Å². The Morgan fingerprint density at radius 2 is 1.96 bits per heavy atom. The molecule has 0 unspecified atom stereocenters. The maximum Gasteiger partial charge on any atom is 0.356 e. The van der Waals surface area contributed by atoms with E-state index in [0.29, 0.717) is 13.1 Å². The fourth-order valence-corrected chi connectivity index (χ4v) is 3.70. The number of halogens is 1. The predicted octanol–water partition coefficient (Wildman–Crippen LogP) is 2.81. The minimum Gasteiger partial charge on any atom is -0.476 e. The summed E-state index contributed by atoms with van der Waals surface area (Å²) in [4.78, 5) is 30.9. The van der Waals surface area contributed by atoms with E-state index in [4.69, 9.17) is 16.7 Å². The van der Waals surface area contributed by atoms with Gasteiger partial charge in [0.15, 0.2) is 5.69 Å². The fourth-order valence-electron chi connectivity index (χ4n) is 3.52. The van der Waals surface area contributed by atoms with E-state index in [0.717, 1.165) is 45.9 Å². The largest absolute Gasteiger partial charge is 0.476 e. The number of aryl methyl sites for hydroxylation is 1. The van der Waals surface area contributed by atoms with Crippen LogP contribution in [0.2, 0.25) is 5.02 Å². The third kappa shape index (κ3) is 3.48. The maximum atomic E-state index is 12.5. The van der Waals surface area contributed by atoms with Gasteiger partial charge in [0.1, 0.15) is 0 Å². The summed E-state index contributed by atoms with van der Waals surface area (Å²) >= 11 is 6.11. The van der Waals surface area contributed by atoms with Crippen molar-refractivity contribution in [2.75, 3.05) is 26.2 Å². The summed E-state index contributed by atoms with van der Waals surface area (Å²) in [6, 6.07) is 6.85. The molecule has 1 fully saturated rings. The van der Waals surface area contributed by atoms with Crippen molar-refractivity contribution in [3.63, 3.8) is 0 Å². The zero-order chi connectivity index (χ0) is 19.8. The maximum absolute atomic E-state index is 12.5. The quantitative estimate of drug-likeness (QED) is 0.703. The Labute approximate surface area is 166 Å². The molecule has 146 valence electrons. The van der Waals surface area contributed by atoms with Gasteiger partial charge < -0.3 is 15.0 Å². The molecule has 0 atom stereocenters. The lowest BCUT2D eigenvalue weighted by molar-refractivity contribution is 0.0689. The summed E-state index contributed by atoms with van der Waals surface area (Å²) in [5, 5.41) is 14.6. The first-order chi connectivity index (χ1) is 13.4. The molecule has 3 heterocycles. The van der Waals surface area contributed by atoms with Crippen LogP contribution in [0.3, 0.4) is 0 Å². The van der Waals surface area contributed by atoms with Crippen molar-refractivity contribution in [1.29, 1.82) is 0 Å². The van der Waals surface area contributed by atoms with Crippen molar-refractivity contribution in [3.05, 3.63) is 52.4 Å². The number of rotatable bonds is 3. The molecule has 0 aliphatic carbocycles. The standard InChI is InChI=1S/C19H20ClN5O3/c1-12-14-10-13(20)2-3-15(14)21-17(12)11-23-6-8-24(9-7-23)19(28)25-5-4-16(22-25)18(26)27/h2-5,10,21H,6-9,11H2,1H3,(H,26,27). The number of aromatic amines is 1. The van der Waals surface area contributed by atoms with E-state index < -0.39 is 5.97 Å². The Morgan fingerprint density at radius 3 is 2.64 bits per heavy atom. The minimum atomic E-state index is -1.15. The lowest BCUT2D eigenvalue weighted by Crippen LogP contribution is -2.49. The second-order valence-electron chi connectivity index (χ2n) is 6.91. The molecular weight excluding hydrogens is 382 g/mol. The zero-order valence-corrected chi connectivity index (χ0v) is 16.1. The number of hydrogen-bond donors (Lipinski definition) is 2. The van der Waals surface area contributed by atoms with Crippen molar-refractivity contribution >= 4 is 34.5 Å². The van der Waals surface area contributed by atoms with Crippen molar-refractivity contribution in [2.45, 2.75) is 13.5 Å². The molecule has 28 heavy (non-hydrogen) atoms. The van der Waals surface area contributed by atoms with Gasteiger partial charge in [-0.25, -0.2) is 9.59 Å². The minimum absolute atomic E-state index is 0.138. The molecule has 9 heteroatoms. The Morgan fingerprint density at radius 1 is 1.21 bits per heavy atom. The molecule has 2 N–H and O–H groups in total. The van der Waals surface area contributed by atoms with Gasteiger partial charge in [0.2, 0.25) is 0 Å². The average molecular weight is 402 g/mol. The van der Waals surface area contributed by atoms with Gasteiger partial charge in [-0.2, -0.15) is 9.78 Å². The first kappa shape index (κ1) is 18.5. The molecule has 0 radical (unpaired) electrons. The number of nitrogens with one attached hydrogen (secondary N) is 1. The number of aromatic carboxylic acids is 1. The number of hydrogen-bond acceptors (Lipinski definition) is 4. The highest BCUT2D eigenvalue weighted by atomic mass is 35.5. The number of H-pyrrole nitrogens is 1. The third-order valence-electron chi connectivity index (χ3n) is 5.15. The number of aromatic nitrogens is 3. The molecule has 1 aromatic carbocycles. The highest BCUT2D eigenvalue weighted by Gasteiger charge is 2.24. The van der Waals surface area contributed by atoms with Gasteiger partial charge in [-0.3, -0.25) is 4.90 Å². The summed E-state index contributed by atoms with van der Waals surface area (Å²) in [5.74, 6) is -1.15. The van der Waals surface area contributed by atoms with E-state index in [1.54, 1.807) is 4.90 Å². The van der Waals surface area contributed by atoms with Crippen LogP contribution >= 0.6 is 11.6 Å². The van der Waals surface area contributed by atoms with Crippen LogP contribution in [0.25, 0.3) is 10.9 Å². The predicted molar refractivity (Wildman–Crippen MR) is 105 cm³/mol. The highest BCUT2D eigenvalue weighted by molar-refractivity contribution is 6.31. The lowest BCUT2D eigenvalue weighted by atomic mass is 10.1. The number of benzene rings is 1. The van der Waals surface area contributed by atoms with Gasteiger partial charge in [-0.1, -0.05) is 11.6 Å². The Kier molecular flexibility index (Phi) is 4.82. The van der Waals surface area contributed by atoms with E-state index >= 15 is 0 Å². The number of carbonyl (C=O) groups excluding carboxylic acids is 1. The summed E-state index contributed by atoms with van der Waals surface area (Å²) in [5.41, 5.74) is 3.27. The van der Waals surface area contributed by atoms with Crippen LogP contribution in [0.15, 0.2) is 30.5 Å². The molecule has 0 bridgehead atoms. The van der Waals surface area contributed by atoms with Gasteiger partial charge in [0, 0.05) is 60.5 Å². The molecule has 1 aliphatic heterocycles. The van der Waals surface area contributed by atoms with Crippen molar-refractivity contribution < 1.29 is 14.7 Å². The molecule has 0 spiro atoms. The SMILES string of the molecule is Cc1c(CN2CCN(C(=O)n3ccc(C(=O)O)n3)CC2)[nH]c2ccc(Cl)cc12. The van der Waals surface area contributed by atoms with Crippen molar-refractivity contribution in [2.24, 2.45) is 0 Å². The van der Waals surface area contributed by atoms with Crippen LogP contribution in [0, 0.1) is 6.92 Å². The van der Waals surface area contributed by atoms with Crippen LogP contribution in [0.4, 0.5) is 4.79 Å². The first-order valence-electron chi connectivity index (χ1n) is 8.99. The number of nitrogens with zero attached hydrogens (tertiary/aromatic N) is 4. The van der Waals surface area contributed by atoms with E-state index in [-0.39, 0.29) is 11.7 Å². The van der Waals surface area contributed by atoms with E-state index in [1.165, 1.54) is 17.8 Å². The van der Waals surface area contributed by atoms with Crippen LogP contribution in [0.1, 0.15) is 21.7 Å². The molecule has 1 amide bonds. The van der Waals surface area contributed by atoms with E-state index in [1.807, 2.05) is 18.2 Å². The van der Waals surface area contributed by atoms with Gasteiger partial charge in [-0.15, -0.1) is 0 Å². The molecule has 2 aromatic heterocycles. The summed E-state index contributed by atoms with van der Waals surface area (Å²) in [6.45, 7) is 5.44. The van der Waals surface area contributed by atoms with Crippen LogP contribution in [0.5, 0.6) is 0 Å². The van der Waals surface area contributed by atoms with Crippen molar-refractivity contribution in [3.8, 4) is 0 Å². The lowest BCUT2D eigenvalue weighted by Gasteiger charge is -2.34. The van der Waals surface area contributed by atoms with Crippen LogP contribution < -0.4 is 0 Å². The normalized spacial score (nSPS) is 15.3. The number of fused-ring (bicyclic) bond motifs is 1. The van der Waals surface area contributed by atoms with E-state index in [9.17, 15) is 9.59 Å². The smallest absolute Gasteiger partial charge is 0.356 e. The Balaban J connectivity index is 1.39. The zero-order valence-electron chi connectivity index (χ0n) is 15.4. The summed E-state index contributed by atoms with van der Waals surface area (Å²) in [6.07, 6.45) is 1.39. The fraction of sp³-hybridized carbons (Fsp3) is 0.316. The van der Waals surface area contributed by atoms with Gasteiger partial charge in [0.25, 0.3) is 0 Å². The monoisotopic (exact) mass is 401 g/mol. The third-order valence-corrected chi connectivity index (χ3v) is 5.39. The summed E-state index contributed by atoms with van der Waals surface area (Å²) in [7, 11) is 0. The number of carbonyl (C=O) groups is 2. The second-order valence-corrected chi connectivity index (χ2v) is 7.35. The topological polar surface area (TPSA) is 94.5 Å². The molecule has 4 rings (SSSR count). The first-order valence-corrected chi connectivity index (χ1v) is 9.37. The Bertz CT molecular complexity index is 1050. The number of piperazine rings is 1. The molecular formula is C19H20ClN5O3. The molecule has 1 saturated heterocycles. The second kappa shape index (κ2) is 7.29. The molecule has 8 nitrogen and oxygen atoms in total. The van der Waals surface area contributed by atoms with Crippen LogP contribution in [-0.4, -0.2) is 67.9 Å². The number of carboxylic acids is 1. The molecule has 3 aromatic rings. The highest BCUT2D eigenvalue weighted by Crippen LogP contribution is 2.26. The van der Waals surface area contributed by atoms with Crippen LogP contribution in [-0.2, 0) is 6.54 Å². The van der Waals surface area contributed by atoms with Gasteiger partial charge >= 0.3 is 12.0 Å². The Hall–Kier alpha value is -2.84. The van der Waals surface area contributed by atoms with Gasteiger partial charge in [-0.05, 0) is 36.8 Å². The van der Waals surface area contributed by atoms with E-state index in [2.05, 4.69) is 21.9 Å². The molecule has 1 aliphatic rings. The average Bonchev–Trinajstić information content (AvgIpc) is 3.28. The summed E-state index contributed by atoms with van der Waals surface area (Å²) < 4.78 is 1.09. The number of carboxylic acid groups (broad SMARTS) is 1.